The molecule has 4 heteroatoms. The van der Waals surface area contributed by atoms with Crippen LogP contribution in [0.1, 0.15) is 31.4 Å². The molecule has 3 rings (SSSR count). The van der Waals surface area contributed by atoms with Gasteiger partial charge in [0, 0.05) is 6.54 Å². The van der Waals surface area contributed by atoms with E-state index in [-0.39, 0.29) is 5.54 Å². The number of nitrogens with zero attached hydrogens (tertiary/aromatic N) is 3. The zero-order chi connectivity index (χ0) is 8.89. The van der Waals surface area contributed by atoms with E-state index in [1.165, 1.54) is 12.8 Å². The number of rotatable bonds is 3. The van der Waals surface area contributed by atoms with Crippen LogP contribution in [-0.2, 0) is 12.1 Å². The lowest BCUT2D eigenvalue weighted by Crippen LogP contribution is -2.19. The SMILES string of the molecule is NC1(c2cn(CC3CC3)nn2)CC1. The van der Waals surface area contributed by atoms with Crippen LogP contribution in [0.4, 0.5) is 0 Å². The summed E-state index contributed by atoms with van der Waals surface area (Å²) in [5, 5.41) is 8.21. The second-order valence-electron chi connectivity index (χ2n) is 4.43. The van der Waals surface area contributed by atoms with Crippen molar-refractivity contribution in [1.29, 1.82) is 0 Å². The van der Waals surface area contributed by atoms with E-state index >= 15 is 0 Å². The van der Waals surface area contributed by atoms with Crippen LogP contribution in [0.3, 0.4) is 0 Å². The first-order valence-corrected chi connectivity index (χ1v) is 4.96. The Morgan fingerprint density at radius 3 is 2.92 bits per heavy atom. The fourth-order valence-corrected chi connectivity index (χ4v) is 1.57. The van der Waals surface area contributed by atoms with Crippen molar-refractivity contribution in [3.63, 3.8) is 0 Å². The first-order valence-electron chi connectivity index (χ1n) is 4.96. The Hall–Kier alpha value is -0.900. The minimum absolute atomic E-state index is 0.123. The van der Waals surface area contributed by atoms with Gasteiger partial charge in [-0.1, -0.05) is 5.21 Å². The average molecular weight is 178 g/mol. The van der Waals surface area contributed by atoms with Gasteiger partial charge in [-0.2, -0.15) is 0 Å². The molecule has 1 aromatic rings. The lowest BCUT2D eigenvalue weighted by atomic mass is 10.2. The molecule has 70 valence electrons. The summed E-state index contributed by atoms with van der Waals surface area (Å²) in [7, 11) is 0. The fourth-order valence-electron chi connectivity index (χ4n) is 1.57. The lowest BCUT2D eigenvalue weighted by Gasteiger charge is -2.00. The summed E-state index contributed by atoms with van der Waals surface area (Å²) in [4.78, 5) is 0. The Bertz CT molecular complexity index is 322. The molecule has 0 aliphatic heterocycles. The first kappa shape index (κ1) is 7.50. The highest BCUT2D eigenvalue weighted by Gasteiger charge is 2.42. The van der Waals surface area contributed by atoms with Gasteiger partial charge in [0.25, 0.3) is 0 Å². The Morgan fingerprint density at radius 1 is 1.54 bits per heavy atom. The molecule has 0 radical (unpaired) electrons. The monoisotopic (exact) mass is 178 g/mol. The maximum Gasteiger partial charge on any atom is 0.102 e. The third-order valence-corrected chi connectivity index (χ3v) is 2.98. The maximum atomic E-state index is 6.01. The topological polar surface area (TPSA) is 56.7 Å². The highest BCUT2D eigenvalue weighted by Crippen LogP contribution is 2.41. The van der Waals surface area contributed by atoms with Gasteiger partial charge in [0.15, 0.2) is 0 Å². The molecule has 0 atom stereocenters. The Morgan fingerprint density at radius 2 is 2.31 bits per heavy atom. The van der Waals surface area contributed by atoms with Crippen LogP contribution < -0.4 is 5.73 Å². The molecule has 2 N–H and O–H groups in total. The number of aromatic nitrogens is 3. The van der Waals surface area contributed by atoms with Crippen molar-refractivity contribution >= 4 is 0 Å². The van der Waals surface area contributed by atoms with E-state index in [1.807, 2.05) is 10.9 Å². The Labute approximate surface area is 77.1 Å². The molecular weight excluding hydrogens is 164 g/mol. The highest BCUT2D eigenvalue weighted by molar-refractivity contribution is 5.17. The molecule has 0 spiro atoms. The second kappa shape index (κ2) is 2.32. The van der Waals surface area contributed by atoms with Crippen LogP contribution in [0.5, 0.6) is 0 Å². The molecule has 1 heterocycles. The van der Waals surface area contributed by atoms with Crippen molar-refractivity contribution in [1.82, 2.24) is 15.0 Å². The third kappa shape index (κ3) is 1.35. The van der Waals surface area contributed by atoms with Gasteiger partial charge in [-0.05, 0) is 31.6 Å². The zero-order valence-electron chi connectivity index (χ0n) is 7.61. The molecule has 2 aliphatic carbocycles. The van der Waals surface area contributed by atoms with Crippen LogP contribution in [0, 0.1) is 5.92 Å². The largest absolute Gasteiger partial charge is 0.320 e. The van der Waals surface area contributed by atoms with Crippen LogP contribution in [0.15, 0.2) is 6.20 Å². The summed E-state index contributed by atoms with van der Waals surface area (Å²) < 4.78 is 1.94. The van der Waals surface area contributed by atoms with Crippen LogP contribution in [-0.4, -0.2) is 15.0 Å². The van der Waals surface area contributed by atoms with Crippen molar-refractivity contribution in [2.24, 2.45) is 11.7 Å². The van der Waals surface area contributed by atoms with Gasteiger partial charge in [0.2, 0.25) is 0 Å². The zero-order valence-corrected chi connectivity index (χ0v) is 7.61. The second-order valence-corrected chi connectivity index (χ2v) is 4.43. The predicted molar refractivity (Wildman–Crippen MR) is 47.8 cm³/mol. The standard InChI is InChI=1S/C9H14N4/c10-9(3-4-9)8-6-13(12-11-8)5-7-1-2-7/h6-7H,1-5,10H2. The first-order chi connectivity index (χ1) is 6.26. The minimum atomic E-state index is -0.123. The Kier molecular flexibility index (Phi) is 1.34. The van der Waals surface area contributed by atoms with Gasteiger partial charge in [-0.25, -0.2) is 0 Å². The van der Waals surface area contributed by atoms with E-state index in [4.69, 9.17) is 5.73 Å². The molecule has 0 amide bonds. The van der Waals surface area contributed by atoms with Crippen molar-refractivity contribution in [3.05, 3.63) is 11.9 Å². The number of hydrogen-bond acceptors (Lipinski definition) is 3. The fraction of sp³-hybridized carbons (Fsp3) is 0.778. The van der Waals surface area contributed by atoms with E-state index in [2.05, 4.69) is 10.3 Å². The molecule has 4 nitrogen and oxygen atoms in total. The number of nitrogens with two attached hydrogens (primary N) is 1. The van der Waals surface area contributed by atoms with E-state index in [0.29, 0.717) is 0 Å². The van der Waals surface area contributed by atoms with Gasteiger partial charge < -0.3 is 5.73 Å². The highest BCUT2D eigenvalue weighted by atomic mass is 15.4. The van der Waals surface area contributed by atoms with E-state index < -0.39 is 0 Å². The van der Waals surface area contributed by atoms with Crippen molar-refractivity contribution in [2.45, 2.75) is 37.8 Å². The molecule has 0 saturated heterocycles. The lowest BCUT2D eigenvalue weighted by molar-refractivity contribution is 0.544. The van der Waals surface area contributed by atoms with Crippen molar-refractivity contribution in [3.8, 4) is 0 Å². The summed E-state index contributed by atoms with van der Waals surface area (Å²) in [6.45, 7) is 1.03. The van der Waals surface area contributed by atoms with Gasteiger partial charge >= 0.3 is 0 Å². The molecule has 0 aromatic carbocycles. The molecule has 0 bridgehead atoms. The number of hydrogen-bond donors (Lipinski definition) is 1. The third-order valence-electron chi connectivity index (χ3n) is 2.98. The van der Waals surface area contributed by atoms with Crippen LogP contribution >= 0.6 is 0 Å². The van der Waals surface area contributed by atoms with E-state index in [0.717, 1.165) is 31.0 Å². The molecule has 2 aliphatic rings. The average Bonchev–Trinajstić information content (AvgIpc) is 2.97. The predicted octanol–water partition coefficient (Wildman–Crippen LogP) is 0.636. The quantitative estimate of drug-likeness (QED) is 0.738. The summed E-state index contributed by atoms with van der Waals surface area (Å²) in [6.07, 6.45) is 6.85. The molecule has 0 unspecified atom stereocenters. The normalized spacial score (nSPS) is 24.7. The molecule has 13 heavy (non-hydrogen) atoms. The van der Waals surface area contributed by atoms with Gasteiger partial charge in [0.05, 0.1) is 11.7 Å². The van der Waals surface area contributed by atoms with E-state index in [9.17, 15) is 0 Å². The maximum absolute atomic E-state index is 6.01. The van der Waals surface area contributed by atoms with Crippen molar-refractivity contribution < 1.29 is 0 Å². The molecule has 1 aromatic heterocycles. The van der Waals surface area contributed by atoms with Gasteiger partial charge in [0.1, 0.15) is 5.69 Å². The molecule has 2 saturated carbocycles. The molecular formula is C9H14N4. The van der Waals surface area contributed by atoms with Crippen LogP contribution in [0.25, 0.3) is 0 Å². The molecule has 2 fully saturated rings. The van der Waals surface area contributed by atoms with Gasteiger partial charge in [-0.3, -0.25) is 4.68 Å². The summed E-state index contributed by atoms with van der Waals surface area (Å²) >= 11 is 0. The smallest absolute Gasteiger partial charge is 0.102 e. The Balaban J connectivity index is 1.76. The van der Waals surface area contributed by atoms with Crippen LogP contribution in [0.2, 0.25) is 0 Å². The summed E-state index contributed by atoms with van der Waals surface area (Å²) in [5.74, 6) is 0.850. The summed E-state index contributed by atoms with van der Waals surface area (Å²) in [6, 6.07) is 0. The van der Waals surface area contributed by atoms with Gasteiger partial charge in [-0.15, -0.1) is 5.10 Å². The van der Waals surface area contributed by atoms with E-state index in [1.54, 1.807) is 0 Å². The summed E-state index contributed by atoms with van der Waals surface area (Å²) in [5.41, 5.74) is 6.87. The minimum Gasteiger partial charge on any atom is -0.320 e. The van der Waals surface area contributed by atoms with Crippen molar-refractivity contribution in [2.75, 3.05) is 0 Å².